The maximum atomic E-state index is 11.9. The van der Waals surface area contributed by atoms with Gasteiger partial charge in [0.2, 0.25) is 0 Å². The Hall–Kier alpha value is -2.34. The maximum Gasteiger partial charge on any atom is 0.315 e. The summed E-state index contributed by atoms with van der Waals surface area (Å²) in [6, 6.07) is 8.75. The molecule has 0 spiro atoms. The lowest BCUT2D eigenvalue weighted by atomic mass is 10.1. The second kappa shape index (κ2) is 8.19. The van der Waals surface area contributed by atoms with Gasteiger partial charge in [0.1, 0.15) is 0 Å². The van der Waals surface area contributed by atoms with E-state index in [-0.39, 0.29) is 12.6 Å². The smallest absolute Gasteiger partial charge is 0.315 e. The van der Waals surface area contributed by atoms with Gasteiger partial charge in [-0.25, -0.2) is 4.79 Å². The molecule has 0 aliphatic rings. The van der Waals surface area contributed by atoms with E-state index in [2.05, 4.69) is 20.8 Å². The molecule has 1 aromatic heterocycles. The zero-order valence-corrected chi connectivity index (χ0v) is 12.7. The molecule has 4 N–H and O–H groups in total. The number of amides is 2. The normalized spacial score (nSPS) is 11.9. The molecule has 2 rings (SSSR count). The molecule has 118 valence electrons. The molecule has 0 aliphatic heterocycles. The van der Waals surface area contributed by atoms with E-state index in [1.54, 1.807) is 0 Å². The van der Waals surface area contributed by atoms with Crippen molar-refractivity contribution < 1.29 is 9.90 Å². The van der Waals surface area contributed by atoms with E-state index < -0.39 is 6.04 Å². The average molecular weight is 302 g/mol. The number of aliphatic hydroxyl groups excluding tert-OH is 1. The van der Waals surface area contributed by atoms with E-state index in [4.69, 9.17) is 0 Å². The van der Waals surface area contributed by atoms with Crippen LogP contribution >= 0.6 is 0 Å². The molecule has 1 unspecified atom stereocenters. The Bertz CT molecular complexity index is 583. The first kappa shape index (κ1) is 16.0. The van der Waals surface area contributed by atoms with Gasteiger partial charge in [-0.1, -0.05) is 30.3 Å². The Morgan fingerprint density at radius 3 is 2.77 bits per heavy atom. The lowest BCUT2D eigenvalue weighted by Crippen LogP contribution is -2.39. The van der Waals surface area contributed by atoms with Crippen LogP contribution in [0.1, 0.15) is 29.3 Å². The van der Waals surface area contributed by atoms with E-state index in [0.717, 1.165) is 24.1 Å². The average Bonchev–Trinajstić information content (AvgIpc) is 2.95. The molecular formula is C16H22N4O2. The quantitative estimate of drug-likeness (QED) is 0.587. The van der Waals surface area contributed by atoms with Gasteiger partial charge < -0.3 is 15.7 Å². The number of carbonyl (C=O) groups excluding carboxylic acids is 1. The number of carbonyl (C=O) groups is 1. The fourth-order valence-corrected chi connectivity index (χ4v) is 2.24. The number of aromatic nitrogens is 2. The van der Waals surface area contributed by atoms with Gasteiger partial charge >= 0.3 is 6.03 Å². The molecule has 0 bridgehead atoms. The molecule has 6 nitrogen and oxygen atoms in total. The van der Waals surface area contributed by atoms with Crippen LogP contribution in [0.15, 0.2) is 36.5 Å². The highest BCUT2D eigenvalue weighted by atomic mass is 16.3. The summed E-state index contributed by atoms with van der Waals surface area (Å²) in [5, 5.41) is 21.8. The molecule has 0 fully saturated rings. The van der Waals surface area contributed by atoms with E-state index in [9.17, 15) is 9.90 Å². The zero-order valence-electron chi connectivity index (χ0n) is 12.7. The van der Waals surface area contributed by atoms with Crippen LogP contribution in [0.5, 0.6) is 0 Å². The Balaban J connectivity index is 1.72. The number of benzene rings is 1. The maximum absolute atomic E-state index is 11.9. The number of rotatable bonds is 7. The van der Waals surface area contributed by atoms with E-state index in [1.807, 2.05) is 43.5 Å². The molecule has 0 aliphatic carbocycles. The van der Waals surface area contributed by atoms with Gasteiger partial charge in [-0.3, -0.25) is 5.10 Å². The van der Waals surface area contributed by atoms with Crippen LogP contribution in [-0.2, 0) is 6.42 Å². The first-order valence-electron chi connectivity index (χ1n) is 7.39. The second-order valence-corrected chi connectivity index (χ2v) is 5.17. The van der Waals surface area contributed by atoms with Crippen molar-refractivity contribution in [3.8, 4) is 0 Å². The third-order valence-corrected chi connectivity index (χ3v) is 3.53. The van der Waals surface area contributed by atoms with Crippen molar-refractivity contribution in [2.24, 2.45) is 0 Å². The molecule has 1 atom stereocenters. The third kappa shape index (κ3) is 4.60. The molecule has 1 aromatic carbocycles. The summed E-state index contributed by atoms with van der Waals surface area (Å²) in [7, 11) is 0. The van der Waals surface area contributed by atoms with E-state index in [1.165, 1.54) is 5.56 Å². The molecular weight excluding hydrogens is 280 g/mol. The van der Waals surface area contributed by atoms with Gasteiger partial charge in [0.05, 0.1) is 18.8 Å². The minimum absolute atomic E-state index is 0.133. The number of aryl methyl sites for hydroxylation is 2. The number of urea groups is 1. The predicted molar refractivity (Wildman–Crippen MR) is 84.4 cm³/mol. The highest BCUT2D eigenvalue weighted by Gasteiger charge is 2.12. The van der Waals surface area contributed by atoms with Gasteiger partial charge in [0.25, 0.3) is 0 Å². The van der Waals surface area contributed by atoms with Crippen molar-refractivity contribution in [2.45, 2.75) is 25.8 Å². The van der Waals surface area contributed by atoms with Gasteiger partial charge in [0, 0.05) is 12.2 Å². The van der Waals surface area contributed by atoms with Crippen LogP contribution in [0.2, 0.25) is 0 Å². The Morgan fingerprint density at radius 2 is 2.14 bits per heavy atom. The molecule has 2 amide bonds. The molecule has 2 aromatic rings. The van der Waals surface area contributed by atoms with E-state index >= 15 is 0 Å². The molecule has 1 heterocycles. The standard InChI is InChI=1S/C16H22N4O2/c1-12-14(10-18-20-12)8-5-9-17-16(22)19-15(11-21)13-6-3-2-4-7-13/h2-4,6-7,10,15,21H,5,8-9,11H2,1H3,(H,18,20)(H2,17,19,22). The fraction of sp³-hybridized carbons (Fsp3) is 0.375. The van der Waals surface area contributed by atoms with Crippen molar-refractivity contribution in [2.75, 3.05) is 13.2 Å². The first-order valence-corrected chi connectivity index (χ1v) is 7.39. The van der Waals surface area contributed by atoms with Crippen molar-refractivity contribution in [1.29, 1.82) is 0 Å². The van der Waals surface area contributed by atoms with E-state index in [0.29, 0.717) is 6.54 Å². The summed E-state index contributed by atoms with van der Waals surface area (Å²) in [6.45, 7) is 2.42. The second-order valence-electron chi connectivity index (χ2n) is 5.17. The first-order chi connectivity index (χ1) is 10.7. The van der Waals surface area contributed by atoms with Gasteiger partial charge in [0.15, 0.2) is 0 Å². The molecule has 0 saturated carbocycles. The number of H-pyrrole nitrogens is 1. The highest BCUT2D eigenvalue weighted by Crippen LogP contribution is 2.11. The number of aromatic amines is 1. The van der Waals surface area contributed by atoms with Crippen molar-refractivity contribution in [3.05, 3.63) is 53.3 Å². The number of hydrogen-bond acceptors (Lipinski definition) is 3. The van der Waals surface area contributed by atoms with Crippen LogP contribution in [0.3, 0.4) is 0 Å². The van der Waals surface area contributed by atoms with Crippen LogP contribution in [0.4, 0.5) is 4.79 Å². The monoisotopic (exact) mass is 302 g/mol. The van der Waals surface area contributed by atoms with Gasteiger partial charge in [-0.15, -0.1) is 0 Å². The largest absolute Gasteiger partial charge is 0.394 e. The van der Waals surface area contributed by atoms with Crippen LogP contribution in [0, 0.1) is 6.92 Å². The number of nitrogens with one attached hydrogen (secondary N) is 3. The molecule has 0 radical (unpaired) electrons. The van der Waals surface area contributed by atoms with Gasteiger partial charge in [-0.05, 0) is 30.9 Å². The van der Waals surface area contributed by atoms with Crippen molar-refractivity contribution in [3.63, 3.8) is 0 Å². The summed E-state index contributed by atoms with van der Waals surface area (Å²) in [5.41, 5.74) is 3.11. The molecule has 0 saturated heterocycles. The van der Waals surface area contributed by atoms with Crippen molar-refractivity contribution in [1.82, 2.24) is 20.8 Å². The predicted octanol–water partition coefficient (Wildman–Crippen LogP) is 1.68. The Kier molecular flexibility index (Phi) is 5.97. The zero-order chi connectivity index (χ0) is 15.8. The third-order valence-electron chi connectivity index (χ3n) is 3.53. The number of nitrogens with zero attached hydrogens (tertiary/aromatic N) is 1. The van der Waals surface area contributed by atoms with Crippen LogP contribution < -0.4 is 10.6 Å². The lowest BCUT2D eigenvalue weighted by Gasteiger charge is -2.17. The van der Waals surface area contributed by atoms with Crippen molar-refractivity contribution >= 4 is 6.03 Å². The molecule has 22 heavy (non-hydrogen) atoms. The van der Waals surface area contributed by atoms with Crippen LogP contribution in [0.25, 0.3) is 0 Å². The number of aliphatic hydroxyl groups is 1. The minimum Gasteiger partial charge on any atom is -0.394 e. The van der Waals surface area contributed by atoms with Gasteiger partial charge in [-0.2, -0.15) is 5.10 Å². The number of hydrogen-bond donors (Lipinski definition) is 4. The summed E-state index contributed by atoms with van der Waals surface area (Å²) in [4.78, 5) is 11.9. The summed E-state index contributed by atoms with van der Waals surface area (Å²) >= 11 is 0. The minimum atomic E-state index is -0.391. The summed E-state index contributed by atoms with van der Waals surface area (Å²) in [5.74, 6) is 0. The Labute approximate surface area is 129 Å². The highest BCUT2D eigenvalue weighted by molar-refractivity contribution is 5.74. The Morgan fingerprint density at radius 1 is 1.36 bits per heavy atom. The lowest BCUT2D eigenvalue weighted by molar-refractivity contribution is 0.217. The SMILES string of the molecule is Cc1[nH]ncc1CCCNC(=O)NC(CO)c1ccccc1. The van der Waals surface area contributed by atoms with Crippen LogP contribution in [-0.4, -0.2) is 34.5 Å². The molecule has 6 heteroatoms. The topological polar surface area (TPSA) is 90.0 Å². The summed E-state index contributed by atoms with van der Waals surface area (Å²) in [6.07, 6.45) is 3.51. The summed E-state index contributed by atoms with van der Waals surface area (Å²) < 4.78 is 0. The fourth-order valence-electron chi connectivity index (χ4n) is 2.24.